The maximum absolute atomic E-state index is 11.1. The lowest BCUT2D eigenvalue weighted by atomic mass is 10.0. The van der Waals surface area contributed by atoms with E-state index in [2.05, 4.69) is 4.98 Å². The molecular weight excluding hydrogens is 266 g/mol. The molecule has 0 saturated heterocycles. The molecule has 1 aromatic carbocycles. The van der Waals surface area contributed by atoms with Gasteiger partial charge in [0.1, 0.15) is 0 Å². The van der Waals surface area contributed by atoms with Crippen LogP contribution in [0.15, 0.2) is 36.4 Å². The monoisotopic (exact) mass is 283 g/mol. The molecule has 1 atom stereocenters. The van der Waals surface area contributed by atoms with E-state index >= 15 is 0 Å². The Morgan fingerprint density at radius 3 is 2.67 bits per heavy atom. The third kappa shape index (κ3) is 2.67. The number of hydrogen-bond acceptors (Lipinski definition) is 3. The Kier molecular flexibility index (Phi) is 3.26. The van der Waals surface area contributed by atoms with Crippen LogP contribution < -0.4 is 0 Å². The van der Waals surface area contributed by atoms with Gasteiger partial charge in [-0.3, -0.25) is 9.78 Å². The summed E-state index contributed by atoms with van der Waals surface area (Å²) in [4.78, 5) is 15.6. The molecule has 4 nitrogen and oxygen atoms in total. The zero-order valence-electron chi connectivity index (χ0n) is 11.8. The van der Waals surface area contributed by atoms with Crippen LogP contribution in [-0.4, -0.2) is 21.2 Å². The third-order valence-electron chi connectivity index (χ3n) is 3.98. The number of nitrogens with zero attached hydrogens (tertiary/aromatic N) is 1. The number of pyridine rings is 1. The Morgan fingerprint density at radius 2 is 2.05 bits per heavy atom. The Bertz CT molecular complexity index is 730. The van der Waals surface area contributed by atoms with Crippen LogP contribution in [0.1, 0.15) is 37.1 Å². The Labute approximate surface area is 122 Å². The van der Waals surface area contributed by atoms with Crippen LogP contribution in [0, 0.1) is 5.41 Å². The smallest absolute Gasteiger partial charge is 0.313 e. The Balaban J connectivity index is 1.93. The highest BCUT2D eigenvalue weighted by molar-refractivity contribution is 5.84. The minimum Gasteiger partial charge on any atom is -0.481 e. The summed E-state index contributed by atoms with van der Waals surface area (Å²) >= 11 is 0. The molecule has 2 aromatic rings. The maximum atomic E-state index is 11.1. The molecule has 0 radical (unpaired) electrons. The molecule has 3 rings (SSSR count). The van der Waals surface area contributed by atoms with Gasteiger partial charge in [-0.15, -0.1) is 0 Å². The average Bonchev–Trinajstić information content (AvgIpc) is 3.25. The number of carboxylic acid groups (broad SMARTS) is 1. The first kappa shape index (κ1) is 13.8. The summed E-state index contributed by atoms with van der Waals surface area (Å²) in [6, 6.07) is 9.55. The lowest BCUT2D eigenvalue weighted by Crippen LogP contribution is -2.10. The van der Waals surface area contributed by atoms with E-state index in [1.54, 1.807) is 13.0 Å². The van der Waals surface area contributed by atoms with Gasteiger partial charge < -0.3 is 10.2 Å². The number of rotatable bonds is 4. The highest BCUT2D eigenvalue weighted by Gasteiger charge is 2.47. The van der Waals surface area contributed by atoms with Crippen molar-refractivity contribution in [3.63, 3.8) is 0 Å². The lowest BCUT2D eigenvalue weighted by Gasteiger charge is -2.06. The zero-order valence-corrected chi connectivity index (χ0v) is 11.8. The highest BCUT2D eigenvalue weighted by atomic mass is 16.4. The van der Waals surface area contributed by atoms with Crippen molar-refractivity contribution >= 4 is 22.9 Å². The van der Waals surface area contributed by atoms with Gasteiger partial charge in [0.2, 0.25) is 0 Å². The van der Waals surface area contributed by atoms with Gasteiger partial charge >= 0.3 is 5.97 Å². The largest absolute Gasteiger partial charge is 0.481 e. The summed E-state index contributed by atoms with van der Waals surface area (Å²) in [5, 5.41) is 19.7. The summed E-state index contributed by atoms with van der Waals surface area (Å²) in [7, 11) is 0. The van der Waals surface area contributed by atoms with Crippen molar-refractivity contribution in [2.75, 3.05) is 0 Å². The van der Waals surface area contributed by atoms with Crippen LogP contribution in [0.2, 0.25) is 0 Å². The molecule has 0 bridgehead atoms. The van der Waals surface area contributed by atoms with Crippen LogP contribution >= 0.6 is 0 Å². The van der Waals surface area contributed by atoms with Gasteiger partial charge in [-0.1, -0.05) is 30.4 Å². The van der Waals surface area contributed by atoms with Crippen molar-refractivity contribution in [1.82, 2.24) is 4.98 Å². The summed E-state index contributed by atoms with van der Waals surface area (Å²) in [5.74, 6) is -0.756. The zero-order chi connectivity index (χ0) is 15.0. The number of fused-ring (bicyclic) bond motifs is 1. The standard InChI is InChI=1S/C17H17NO3/c1-11(19)14-5-4-13-3-2-12(10-15(13)18-14)6-7-17(8-9-17)16(20)21/h2-7,10-11,19H,8-9H2,1H3,(H,20,21)/b7-6+/t11-/m1/s1. The predicted octanol–water partition coefficient (Wildman–Crippen LogP) is 3.17. The first-order valence-electron chi connectivity index (χ1n) is 7.02. The topological polar surface area (TPSA) is 70.4 Å². The summed E-state index contributed by atoms with van der Waals surface area (Å²) in [5.41, 5.74) is 1.69. The molecule has 1 aromatic heterocycles. The summed E-state index contributed by atoms with van der Waals surface area (Å²) < 4.78 is 0. The van der Waals surface area contributed by atoms with Crippen LogP contribution in [0.25, 0.3) is 17.0 Å². The predicted molar refractivity (Wildman–Crippen MR) is 80.7 cm³/mol. The minimum absolute atomic E-state index is 0.602. The second kappa shape index (κ2) is 4.97. The van der Waals surface area contributed by atoms with Gasteiger partial charge in [0.25, 0.3) is 0 Å². The van der Waals surface area contributed by atoms with Crippen LogP contribution in [0.3, 0.4) is 0 Å². The fraction of sp³-hybridized carbons (Fsp3) is 0.294. The maximum Gasteiger partial charge on any atom is 0.313 e. The van der Waals surface area contributed by atoms with Gasteiger partial charge in [-0.25, -0.2) is 0 Å². The van der Waals surface area contributed by atoms with Crippen molar-refractivity contribution < 1.29 is 15.0 Å². The molecule has 1 aliphatic carbocycles. The van der Waals surface area contributed by atoms with Gasteiger partial charge in [0.05, 0.1) is 22.7 Å². The molecule has 108 valence electrons. The fourth-order valence-electron chi connectivity index (χ4n) is 2.33. The number of aliphatic hydroxyl groups is 1. The molecule has 0 unspecified atom stereocenters. The number of aliphatic carboxylic acids is 1. The molecule has 1 heterocycles. The molecule has 21 heavy (non-hydrogen) atoms. The third-order valence-corrected chi connectivity index (χ3v) is 3.98. The molecular formula is C17H17NO3. The number of aliphatic hydroxyl groups excluding tert-OH is 1. The molecule has 1 fully saturated rings. The van der Waals surface area contributed by atoms with Gasteiger partial charge in [-0.2, -0.15) is 0 Å². The van der Waals surface area contributed by atoms with E-state index in [1.807, 2.05) is 36.4 Å². The Hall–Kier alpha value is -2.20. The van der Waals surface area contributed by atoms with E-state index in [9.17, 15) is 9.90 Å². The van der Waals surface area contributed by atoms with Crippen LogP contribution in [0.4, 0.5) is 0 Å². The SMILES string of the molecule is C[C@@H](O)c1ccc2ccc(/C=C/C3(C(=O)O)CC3)cc2n1. The molecule has 0 amide bonds. The van der Waals surface area contributed by atoms with Crippen molar-refractivity contribution in [3.8, 4) is 0 Å². The number of carbonyl (C=O) groups is 1. The van der Waals surface area contributed by atoms with E-state index in [-0.39, 0.29) is 0 Å². The molecule has 1 aliphatic rings. The van der Waals surface area contributed by atoms with Crippen LogP contribution in [-0.2, 0) is 4.79 Å². The second-order valence-electron chi connectivity index (χ2n) is 5.66. The average molecular weight is 283 g/mol. The fourth-order valence-corrected chi connectivity index (χ4v) is 2.33. The normalized spacial score (nSPS) is 18.0. The first-order valence-corrected chi connectivity index (χ1v) is 7.02. The van der Waals surface area contributed by atoms with Crippen molar-refractivity contribution in [2.45, 2.75) is 25.9 Å². The second-order valence-corrected chi connectivity index (χ2v) is 5.66. The minimum atomic E-state index is -0.756. The lowest BCUT2D eigenvalue weighted by molar-refractivity contribution is -0.141. The summed E-state index contributed by atoms with van der Waals surface area (Å²) in [6.07, 6.45) is 4.43. The van der Waals surface area contributed by atoms with Gasteiger partial charge in [0.15, 0.2) is 0 Å². The van der Waals surface area contributed by atoms with Crippen molar-refractivity contribution in [2.24, 2.45) is 5.41 Å². The number of aromatic nitrogens is 1. The van der Waals surface area contributed by atoms with E-state index in [0.29, 0.717) is 18.5 Å². The van der Waals surface area contributed by atoms with Crippen molar-refractivity contribution in [3.05, 3.63) is 47.7 Å². The highest BCUT2D eigenvalue weighted by Crippen LogP contribution is 2.47. The van der Waals surface area contributed by atoms with Crippen molar-refractivity contribution in [1.29, 1.82) is 0 Å². The molecule has 4 heteroatoms. The molecule has 1 saturated carbocycles. The number of benzene rings is 1. The van der Waals surface area contributed by atoms with Gasteiger partial charge in [0, 0.05) is 5.39 Å². The molecule has 2 N–H and O–H groups in total. The van der Waals surface area contributed by atoms with E-state index in [0.717, 1.165) is 16.5 Å². The number of carboxylic acids is 1. The molecule has 0 spiro atoms. The first-order chi connectivity index (χ1) is 10.00. The quantitative estimate of drug-likeness (QED) is 0.904. The molecule has 0 aliphatic heterocycles. The van der Waals surface area contributed by atoms with Crippen LogP contribution in [0.5, 0.6) is 0 Å². The Morgan fingerprint density at radius 1 is 1.33 bits per heavy atom. The number of hydrogen-bond donors (Lipinski definition) is 2. The van der Waals surface area contributed by atoms with Gasteiger partial charge in [-0.05, 0) is 37.5 Å². The van der Waals surface area contributed by atoms with E-state index in [4.69, 9.17) is 5.11 Å². The van der Waals surface area contributed by atoms with E-state index < -0.39 is 17.5 Å². The van der Waals surface area contributed by atoms with E-state index in [1.165, 1.54) is 0 Å². The summed E-state index contributed by atoms with van der Waals surface area (Å²) in [6.45, 7) is 1.68.